The lowest BCUT2D eigenvalue weighted by molar-refractivity contribution is -0.117. The molecule has 160 valence electrons. The molecule has 2 aliphatic heterocycles. The zero-order valence-electron chi connectivity index (χ0n) is 17.7. The van der Waals surface area contributed by atoms with Crippen molar-refractivity contribution in [2.24, 2.45) is 0 Å². The minimum atomic E-state index is -0.0274. The number of ether oxygens (including phenoxy) is 1. The van der Waals surface area contributed by atoms with Gasteiger partial charge in [0, 0.05) is 50.3 Å². The maximum atomic E-state index is 12.5. The molecule has 1 aromatic carbocycles. The number of hydrogen-bond acceptors (Lipinski definition) is 7. The number of carbonyl (C=O) groups excluding carboxylic acids is 1. The molecule has 3 N–H and O–H groups in total. The molecule has 30 heavy (non-hydrogen) atoms. The summed E-state index contributed by atoms with van der Waals surface area (Å²) in [5.41, 5.74) is 2.98. The van der Waals surface area contributed by atoms with Gasteiger partial charge in [-0.05, 0) is 43.7 Å². The molecule has 0 bridgehead atoms. The Labute approximate surface area is 177 Å². The lowest BCUT2D eigenvalue weighted by Gasteiger charge is -2.30. The summed E-state index contributed by atoms with van der Waals surface area (Å²) in [5, 5.41) is 9.65. The molecule has 0 aliphatic carbocycles. The zero-order valence-corrected chi connectivity index (χ0v) is 17.7. The van der Waals surface area contributed by atoms with Gasteiger partial charge in [0.1, 0.15) is 17.4 Å². The fourth-order valence-electron chi connectivity index (χ4n) is 4.16. The highest BCUT2D eigenvalue weighted by molar-refractivity contribution is 5.92. The average molecular weight is 411 g/mol. The van der Waals surface area contributed by atoms with Gasteiger partial charge in [-0.25, -0.2) is 9.97 Å². The van der Waals surface area contributed by atoms with E-state index in [2.05, 4.69) is 20.9 Å². The molecule has 0 unspecified atom stereocenters. The minimum Gasteiger partial charge on any atom is -0.497 e. The first-order valence-corrected chi connectivity index (χ1v) is 10.6. The predicted octanol–water partition coefficient (Wildman–Crippen LogP) is 1.99. The van der Waals surface area contributed by atoms with Gasteiger partial charge in [-0.1, -0.05) is 0 Å². The fraction of sp³-hybridized carbons (Fsp3) is 0.500. The summed E-state index contributed by atoms with van der Waals surface area (Å²) in [4.78, 5) is 24.4. The first kappa shape index (κ1) is 20.6. The second-order valence-electron chi connectivity index (χ2n) is 7.89. The van der Waals surface area contributed by atoms with Crippen LogP contribution in [0.2, 0.25) is 0 Å². The number of piperidine rings is 1. The molecular weight excluding hydrogens is 380 g/mol. The largest absolute Gasteiger partial charge is 0.497 e. The molecule has 0 saturated carbocycles. The normalized spacial score (nSPS) is 19.1. The standard InChI is InChI=1S/C22H30N6O2/c1-23-22-18-13-28(14-20(29)25-16-5-7-17(30-2)8-6-16)11-9-19(18)26-21(27-22)15-4-3-10-24-12-15/h5-8,15,24H,3-4,9-14H2,1-2H3,(H,25,29)(H,23,26,27)/t15-/m1/s1. The highest BCUT2D eigenvalue weighted by atomic mass is 16.5. The van der Waals surface area contributed by atoms with Gasteiger partial charge in [-0.15, -0.1) is 0 Å². The monoisotopic (exact) mass is 410 g/mol. The number of fused-ring (bicyclic) bond motifs is 1. The van der Waals surface area contributed by atoms with Gasteiger partial charge in [0.05, 0.1) is 19.3 Å². The van der Waals surface area contributed by atoms with Crippen molar-refractivity contribution in [3.63, 3.8) is 0 Å². The van der Waals surface area contributed by atoms with Crippen LogP contribution in [0.1, 0.15) is 35.8 Å². The van der Waals surface area contributed by atoms with Crippen molar-refractivity contribution in [1.82, 2.24) is 20.2 Å². The third-order valence-corrected chi connectivity index (χ3v) is 5.80. The van der Waals surface area contributed by atoms with Gasteiger partial charge in [-0.3, -0.25) is 9.69 Å². The van der Waals surface area contributed by atoms with Crippen LogP contribution in [0.25, 0.3) is 0 Å². The van der Waals surface area contributed by atoms with E-state index in [1.54, 1.807) is 7.11 Å². The predicted molar refractivity (Wildman–Crippen MR) is 117 cm³/mol. The van der Waals surface area contributed by atoms with Crippen molar-refractivity contribution in [3.05, 3.63) is 41.3 Å². The maximum absolute atomic E-state index is 12.5. The Morgan fingerprint density at radius 1 is 1.30 bits per heavy atom. The van der Waals surface area contributed by atoms with Crippen molar-refractivity contribution in [2.45, 2.75) is 31.7 Å². The van der Waals surface area contributed by atoms with Crippen LogP contribution in [-0.4, -0.2) is 61.1 Å². The Hall–Kier alpha value is -2.71. The number of aromatic nitrogens is 2. The molecule has 1 amide bonds. The quantitative estimate of drug-likeness (QED) is 0.671. The fourth-order valence-corrected chi connectivity index (χ4v) is 4.16. The molecule has 0 spiro atoms. The summed E-state index contributed by atoms with van der Waals surface area (Å²) in [6, 6.07) is 7.36. The SMILES string of the molecule is CNc1nc([C@@H]2CCCNC2)nc2c1CN(CC(=O)Nc1ccc(OC)cc1)CC2. The number of benzene rings is 1. The second-order valence-corrected chi connectivity index (χ2v) is 7.89. The van der Waals surface area contributed by atoms with Crippen molar-refractivity contribution >= 4 is 17.4 Å². The minimum absolute atomic E-state index is 0.0274. The smallest absolute Gasteiger partial charge is 0.238 e. The van der Waals surface area contributed by atoms with Crippen LogP contribution < -0.4 is 20.7 Å². The first-order valence-electron chi connectivity index (χ1n) is 10.6. The van der Waals surface area contributed by atoms with Gasteiger partial charge in [0.25, 0.3) is 0 Å². The zero-order chi connectivity index (χ0) is 20.9. The third kappa shape index (κ3) is 4.71. The summed E-state index contributed by atoms with van der Waals surface area (Å²) in [6.45, 7) is 3.84. The van der Waals surface area contributed by atoms with Gasteiger partial charge in [0.2, 0.25) is 5.91 Å². The Morgan fingerprint density at radius 3 is 2.83 bits per heavy atom. The molecule has 0 radical (unpaired) electrons. The molecule has 1 atom stereocenters. The van der Waals surface area contributed by atoms with Crippen LogP contribution in [0.5, 0.6) is 5.75 Å². The topological polar surface area (TPSA) is 91.4 Å². The van der Waals surface area contributed by atoms with E-state index in [4.69, 9.17) is 14.7 Å². The van der Waals surface area contributed by atoms with E-state index < -0.39 is 0 Å². The van der Waals surface area contributed by atoms with E-state index in [1.165, 1.54) is 0 Å². The lowest BCUT2D eigenvalue weighted by atomic mass is 9.97. The number of nitrogens with zero attached hydrogens (tertiary/aromatic N) is 3. The summed E-state index contributed by atoms with van der Waals surface area (Å²) in [6.07, 6.45) is 3.12. The molecule has 2 aliphatic rings. The summed E-state index contributed by atoms with van der Waals surface area (Å²) in [5.74, 6) is 2.95. The Balaban J connectivity index is 1.41. The second kappa shape index (κ2) is 9.40. The first-order chi connectivity index (χ1) is 14.7. The summed E-state index contributed by atoms with van der Waals surface area (Å²) in [7, 11) is 3.53. The van der Waals surface area contributed by atoms with E-state index in [9.17, 15) is 4.79 Å². The molecule has 8 heteroatoms. The average Bonchev–Trinajstić information content (AvgIpc) is 2.79. The van der Waals surface area contributed by atoms with E-state index >= 15 is 0 Å². The van der Waals surface area contributed by atoms with Crippen molar-refractivity contribution < 1.29 is 9.53 Å². The molecule has 3 heterocycles. The van der Waals surface area contributed by atoms with Gasteiger partial charge in [0.15, 0.2) is 0 Å². The third-order valence-electron chi connectivity index (χ3n) is 5.80. The number of hydrogen-bond donors (Lipinski definition) is 3. The summed E-state index contributed by atoms with van der Waals surface area (Å²) < 4.78 is 5.16. The van der Waals surface area contributed by atoms with E-state index in [0.717, 1.165) is 73.2 Å². The number of methoxy groups -OCH3 is 1. The molecule has 1 aromatic heterocycles. The molecular formula is C22H30N6O2. The van der Waals surface area contributed by atoms with E-state index in [1.807, 2.05) is 31.3 Å². The number of amides is 1. The Kier molecular flexibility index (Phi) is 6.44. The van der Waals surface area contributed by atoms with Gasteiger partial charge in [-0.2, -0.15) is 0 Å². The van der Waals surface area contributed by atoms with Crippen LogP contribution in [-0.2, 0) is 17.8 Å². The van der Waals surface area contributed by atoms with Gasteiger partial charge < -0.3 is 20.7 Å². The maximum Gasteiger partial charge on any atom is 0.238 e. The highest BCUT2D eigenvalue weighted by Gasteiger charge is 2.26. The Morgan fingerprint density at radius 2 is 2.13 bits per heavy atom. The lowest BCUT2D eigenvalue weighted by Crippen LogP contribution is -2.38. The van der Waals surface area contributed by atoms with Crippen molar-refractivity contribution in [3.8, 4) is 5.75 Å². The van der Waals surface area contributed by atoms with Crippen LogP contribution in [0, 0.1) is 0 Å². The number of anilines is 2. The molecule has 2 aromatic rings. The molecule has 1 saturated heterocycles. The van der Waals surface area contributed by atoms with Crippen LogP contribution in [0.3, 0.4) is 0 Å². The van der Waals surface area contributed by atoms with Crippen LogP contribution >= 0.6 is 0 Å². The van der Waals surface area contributed by atoms with E-state index in [-0.39, 0.29) is 5.91 Å². The molecule has 1 fully saturated rings. The summed E-state index contributed by atoms with van der Waals surface area (Å²) >= 11 is 0. The van der Waals surface area contributed by atoms with Crippen LogP contribution in [0.4, 0.5) is 11.5 Å². The molecule has 4 rings (SSSR count). The highest BCUT2D eigenvalue weighted by Crippen LogP contribution is 2.28. The number of rotatable bonds is 6. The van der Waals surface area contributed by atoms with Crippen LogP contribution in [0.15, 0.2) is 24.3 Å². The number of nitrogens with one attached hydrogen (secondary N) is 3. The number of carbonyl (C=O) groups is 1. The van der Waals surface area contributed by atoms with Crippen molar-refractivity contribution in [2.75, 3.05) is 51.0 Å². The van der Waals surface area contributed by atoms with Crippen molar-refractivity contribution in [1.29, 1.82) is 0 Å². The van der Waals surface area contributed by atoms with E-state index in [0.29, 0.717) is 19.0 Å². The molecule has 8 nitrogen and oxygen atoms in total. The van der Waals surface area contributed by atoms with Gasteiger partial charge >= 0.3 is 0 Å². The Bertz CT molecular complexity index is 863.